The van der Waals surface area contributed by atoms with Crippen LogP contribution in [0.15, 0.2) is 36.5 Å². The van der Waals surface area contributed by atoms with E-state index in [0.29, 0.717) is 23.2 Å². The molecular weight excluding hydrogens is 282 g/mol. The average molecular weight is 302 g/mol. The van der Waals surface area contributed by atoms with Crippen LogP contribution in [0.5, 0.6) is 0 Å². The molecule has 1 aromatic carbocycles. The second-order valence-corrected chi connectivity index (χ2v) is 5.56. The monoisotopic (exact) mass is 301 g/mol. The van der Waals surface area contributed by atoms with E-state index in [4.69, 9.17) is 16.9 Å². The van der Waals surface area contributed by atoms with Crippen LogP contribution >= 0.6 is 11.6 Å². The van der Waals surface area contributed by atoms with Crippen LogP contribution in [0.25, 0.3) is 0 Å². The fourth-order valence-electron chi connectivity index (χ4n) is 2.36. The van der Waals surface area contributed by atoms with E-state index in [2.05, 4.69) is 48.1 Å². The van der Waals surface area contributed by atoms with E-state index in [1.165, 1.54) is 5.69 Å². The Balaban J connectivity index is 2.17. The molecule has 0 aliphatic carbocycles. The number of benzene rings is 1. The van der Waals surface area contributed by atoms with Crippen LogP contribution in [0.4, 0.5) is 0 Å². The highest BCUT2D eigenvalue weighted by Gasteiger charge is 2.11. The summed E-state index contributed by atoms with van der Waals surface area (Å²) in [5.41, 5.74) is 2.86. The fraction of sp³-hybridized carbons (Fsp3) is 0.353. The molecule has 1 aromatic heterocycles. The van der Waals surface area contributed by atoms with Gasteiger partial charge in [0.2, 0.25) is 0 Å². The molecule has 0 saturated carbocycles. The predicted molar refractivity (Wildman–Crippen MR) is 86.4 cm³/mol. The molecule has 0 aliphatic rings. The second kappa shape index (κ2) is 7.31. The zero-order valence-electron chi connectivity index (χ0n) is 12.4. The highest BCUT2D eigenvalue weighted by atomic mass is 35.5. The van der Waals surface area contributed by atoms with Crippen molar-refractivity contribution in [2.45, 2.75) is 32.9 Å². The Kier molecular flexibility index (Phi) is 5.44. The Labute approximate surface area is 131 Å². The van der Waals surface area contributed by atoms with Gasteiger partial charge in [-0.3, -0.25) is 0 Å². The average Bonchev–Trinajstić information content (AvgIpc) is 2.95. The SMILES string of the molecule is CCCNC(C)c1cccn1Cc1ccc(C#N)cc1Cl. The molecule has 1 unspecified atom stereocenters. The van der Waals surface area contributed by atoms with Crippen LogP contribution in [-0.2, 0) is 6.54 Å². The summed E-state index contributed by atoms with van der Waals surface area (Å²) >= 11 is 6.26. The van der Waals surface area contributed by atoms with Gasteiger partial charge in [0.05, 0.1) is 11.6 Å². The van der Waals surface area contributed by atoms with Gasteiger partial charge in [-0.2, -0.15) is 5.26 Å². The molecule has 0 fully saturated rings. The van der Waals surface area contributed by atoms with Crippen molar-refractivity contribution >= 4 is 11.6 Å². The molecule has 0 bridgehead atoms. The molecule has 0 spiro atoms. The standard InChI is InChI=1S/C17H20ClN3/c1-3-8-20-13(2)17-5-4-9-21(17)12-15-7-6-14(11-19)10-16(15)18/h4-7,9-10,13,20H,3,8,12H2,1-2H3. The highest BCUT2D eigenvalue weighted by Crippen LogP contribution is 2.21. The van der Waals surface area contributed by atoms with Crippen molar-refractivity contribution in [1.29, 1.82) is 5.26 Å². The number of nitriles is 1. The van der Waals surface area contributed by atoms with E-state index < -0.39 is 0 Å². The molecule has 3 nitrogen and oxygen atoms in total. The summed E-state index contributed by atoms with van der Waals surface area (Å²) in [6.45, 7) is 6.05. The zero-order valence-corrected chi connectivity index (χ0v) is 13.2. The number of rotatable bonds is 6. The lowest BCUT2D eigenvalue weighted by molar-refractivity contribution is 0.534. The van der Waals surface area contributed by atoms with Gasteiger partial charge in [0.25, 0.3) is 0 Å². The first kappa shape index (κ1) is 15.6. The first-order valence-corrected chi connectivity index (χ1v) is 7.60. The molecule has 1 N–H and O–H groups in total. The second-order valence-electron chi connectivity index (χ2n) is 5.15. The molecule has 110 valence electrons. The van der Waals surface area contributed by atoms with Gasteiger partial charge in [0, 0.05) is 29.5 Å². The van der Waals surface area contributed by atoms with Crippen molar-refractivity contribution < 1.29 is 0 Å². The molecule has 1 atom stereocenters. The van der Waals surface area contributed by atoms with Gasteiger partial charge in [-0.1, -0.05) is 24.6 Å². The minimum absolute atomic E-state index is 0.303. The maximum Gasteiger partial charge on any atom is 0.0992 e. The molecule has 4 heteroatoms. The minimum atomic E-state index is 0.303. The predicted octanol–water partition coefficient (Wildman–Crippen LogP) is 4.12. The highest BCUT2D eigenvalue weighted by molar-refractivity contribution is 6.31. The van der Waals surface area contributed by atoms with Gasteiger partial charge < -0.3 is 9.88 Å². The van der Waals surface area contributed by atoms with Gasteiger partial charge in [-0.25, -0.2) is 0 Å². The summed E-state index contributed by atoms with van der Waals surface area (Å²) in [7, 11) is 0. The number of nitrogens with zero attached hydrogens (tertiary/aromatic N) is 2. The van der Waals surface area contributed by atoms with E-state index in [0.717, 1.165) is 18.5 Å². The largest absolute Gasteiger partial charge is 0.346 e. The van der Waals surface area contributed by atoms with Crippen molar-refractivity contribution in [3.05, 3.63) is 58.4 Å². The lowest BCUT2D eigenvalue weighted by atomic mass is 10.1. The number of aromatic nitrogens is 1. The first-order chi connectivity index (χ1) is 10.2. The van der Waals surface area contributed by atoms with E-state index in [1.54, 1.807) is 6.07 Å². The van der Waals surface area contributed by atoms with Gasteiger partial charge in [-0.05, 0) is 49.7 Å². The molecule has 0 radical (unpaired) electrons. The van der Waals surface area contributed by atoms with Gasteiger partial charge in [0.15, 0.2) is 0 Å². The maximum atomic E-state index is 8.89. The van der Waals surface area contributed by atoms with Gasteiger partial charge in [0.1, 0.15) is 0 Å². The van der Waals surface area contributed by atoms with Crippen molar-refractivity contribution in [2.75, 3.05) is 6.54 Å². The van der Waals surface area contributed by atoms with E-state index in [9.17, 15) is 0 Å². The quantitative estimate of drug-likeness (QED) is 0.872. The van der Waals surface area contributed by atoms with Crippen LogP contribution in [0.1, 0.15) is 43.1 Å². The fourth-order valence-corrected chi connectivity index (χ4v) is 2.60. The summed E-state index contributed by atoms with van der Waals surface area (Å²) in [6.07, 6.45) is 3.18. The molecule has 1 heterocycles. The number of nitrogens with one attached hydrogen (secondary N) is 1. The first-order valence-electron chi connectivity index (χ1n) is 7.22. The molecule has 0 aliphatic heterocycles. The van der Waals surface area contributed by atoms with E-state index in [-0.39, 0.29) is 0 Å². The Hall–Kier alpha value is -1.76. The van der Waals surface area contributed by atoms with Crippen LogP contribution < -0.4 is 5.32 Å². The lowest BCUT2D eigenvalue weighted by Crippen LogP contribution is -2.22. The van der Waals surface area contributed by atoms with E-state index >= 15 is 0 Å². The number of hydrogen-bond donors (Lipinski definition) is 1. The van der Waals surface area contributed by atoms with Gasteiger partial charge >= 0.3 is 0 Å². The summed E-state index contributed by atoms with van der Waals surface area (Å²) in [5, 5.41) is 13.0. The number of hydrogen-bond acceptors (Lipinski definition) is 2. The van der Waals surface area contributed by atoms with Crippen LogP contribution in [0, 0.1) is 11.3 Å². The molecule has 2 aromatic rings. The van der Waals surface area contributed by atoms with Gasteiger partial charge in [-0.15, -0.1) is 0 Å². The lowest BCUT2D eigenvalue weighted by Gasteiger charge is -2.17. The Bertz CT molecular complexity index is 640. The normalized spacial score (nSPS) is 12.1. The summed E-state index contributed by atoms with van der Waals surface area (Å²) < 4.78 is 2.20. The Morgan fingerprint density at radius 1 is 1.38 bits per heavy atom. The molecule has 2 rings (SSSR count). The third-order valence-electron chi connectivity index (χ3n) is 3.53. The maximum absolute atomic E-state index is 8.89. The molecular formula is C17H20ClN3. The molecule has 0 amide bonds. The zero-order chi connectivity index (χ0) is 15.2. The topological polar surface area (TPSA) is 40.8 Å². The molecule has 21 heavy (non-hydrogen) atoms. The van der Waals surface area contributed by atoms with E-state index in [1.807, 2.05) is 12.1 Å². The van der Waals surface area contributed by atoms with Crippen LogP contribution in [0.2, 0.25) is 5.02 Å². The Morgan fingerprint density at radius 2 is 2.19 bits per heavy atom. The number of halogens is 1. The molecule has 0 saturated heterocycles. The van der Waals surface area contributed by atoms with Crippen LogP contribution in [-0.4, -0.2) is 11.1 Å². The van der Waals surface area contributed by atoms with Crippen molar-refractivity contribution in [3.63, 3.8) is 0 Å². The minimum Gasteiger partial charge on any atom is -0.346 e. The summed E-state index contributed by atoms with van der Waals surface area (Å²) in [4.78, 5) is 0. The van der Waals surface area contributed by atoms with Crippen molar-refractivity contribution in [2.24, 2.45) is 0 Å². The summed E-state index contributed by atoms with van der Waals surface area (Å²) in [6, 6.07) is 12.0. The third kappa shape index (κ3) is 3.87. The third-order valence-corrected chi connectivity index (χ3v) is 3.88. The summed E-state index contributed by atoms with van der Waals surface area (Å²) in [5.74, 6) is 0. The van der Waals surface area contributed by atoms with Crippen molar-refractivity contribution in [1.82, 2.24) is 9.88 Å². The Morgan fingerprint density at radius 3 is 2.86 bits per heavy atom. The van der Waals surface area contributed by atoms with Crippen LogP contribution in [0.3, 0.4) is 0 Å². The van der Waals surface area contributed by atoms with Crippen molar-refractivity contribution in [3.8, 4) is 6.07 Å². The smallest absolute Gasteiger partial charge is 0.0992 e.